The van der Waals surface area contributed by atoms with E-state index >= 15 is 0 Å². The number of rotatable bonds is 5. The Labute approximate surface area is 141 Å². The quantitative estimate of drug-likeness (QED) is 0.721. The van der Waals surface area contributed by atoms with Gasteiger partial charge in [0.25, 0.3) is 5.91 Å². The number of carbonyl (C=O) groups excluding carboxylic acids is 1. The molecule has 1 heterocycles. The number of nitrogens with zero attached hydrogens (tertiary/aromatic N) is 2. The molecule has 0 radical (unpaired) electrons. The number of halogens is 3. The molecule has 1 aromatic heterocycles. The molecule has 4 nitrogen and oxygen atoms in total. The van der Waals surface area contributed by atoms with E-state index in [0.29, 0.717) is 12.6 Å². The van der Waals surface area contributed by atoms with Crippen LogP contribution in [-0.4, -0.2) is 22.2 Å². The molecule has 1 amide bonds. The number of amides is 1. The van der Waals surface area contributed by atoms with Gasteiger partial charge in [-0.25, -0.2) is 13.2 Å². The topological polar surface area (TPSA) is 46.9 Å². The summed E-state index contributed by atoms with van der Waals surface area (Å²) in [5, 5.41) is 6.64. The van der Waals surface area contributed by atoms with Crippen LogP contribution >= 0.6 is 0 Å². The van der Waals surface area contributed by atoms with Crippen LogP contribution in [0.5, 0.6) is 0 Å². The van der Waals surface area contributed by atoms with Crippen LogP contribution in [0.2, 0.25) is 0 Å². The van der Waals surface area contributed by atoms with Crippen LogP contribution in [0.4, 0.5) is 13.2 Å². The molecule has 0 aliphatic rings. The number of nitrogens with one attached hydrogen (secondary N) is 1. The van der Waals surface area contributed by atoms with Crippen molar-refractivity contribution in [1.82, 2.24) is 15.1 Å². The van der Waals surface area contributed by atoms with Crippen LogP contribution in [0.25, 0.3) is 11.1 Å². The smallest absolute Gasteiger partial charge is 0.254 e. The summed E-state index contributed by atoms with van der Waals surface area (Å²) in [4.78, 5) is 11.9. The van der Waals surface area contributed by atoms with Gasteiger partial charge in [-0.3, -0.25) is 9.48 Å². The van der Waals surface area contributed by atoms with Crippen LogP contribution in [0.15, 0.2) is 54.9 Å². The second kappa shape index (κ2) is 7.21. The van der Waals surface area contributed by atoms with E-state index in [0.717, 1.165) is 17.2 Å². The Morgan fingerprint density at radius 2 is 1.76 bits per heavy atom. The number of hydrogen-bond donors (Lipinski definition) is 1. The van der Waals surface area contributed by atoms with Gasteiger partial charge in [0.05, 0.1) is 18.3 Å². The van der Waals surface area contributed by atoms with Gasteiger partial charge in [0.1, 0.15) is 0 Å². The lowest BCUT2D eigenvalue weighted by molar-refractivity contribution is 0.0946. The zero-order valence-electron chi connectivity index (χ0n) is 13.0. The monoisotopic (exact) mass is 345 g/mol. The van der Waals surface area contributed by atoms with Gasteiger partial charge in [-0.2, -0.15) is 5.10 Å². The van der Waals surface area contributed by atoms with Gasteiger partial charge in [0, 0.05) is 18.3 Å². The standard InChI is InChI=1S/C18H14F3N3O/c19-15-7-6-14(16(20)17(15)21)18(25)22-8-9-24-11-13(10-23-24)12-4-2-1-3-5-12/h1-7,10-11H,8-9H2,(H,22,25). The van der Waals surface area contributed by atoms with Crippen molar-refractivity contribution < 1.29 is 18.0 Å². The fourth-order valence-corrected chi connectivity index (χ4v) is 2.35. The van der Waals surface area contributed by atoms with E-state index < -0.39 is 28.9 Å². The van der Waals surface area contributed by atoms with E-state index in [1.165, 1.54) is 0 Å². The average molecular weight is 345 g/mol. The molecule has 0 spiro atoms. The van der Waals surface area contributed by atoms with Crippen molar-refractivity contribution >= 4 is 5.91 Å². The molecule has 0 unspecified atom stereocenters. The Bertz CT molecular complexity index is 894. The van der Waals surface area contributed by atoms with Gasteiger partial charge in [-0.1, -0.05) is 30.3 Å². The van der Waals surface area contributed by atoms with Crippen LogP contribution < -0.4 is 5.32 Å². The van der Waals surface area contributed by atoms with Crippen molar-refractivity contribution in [3.63, 3.8) is 0 Å². The summed E-state index contributed by atoms with van der Waals surface area (Å²) in [6.07, 6.45) is 3.52. The number of aromatic nitrogens is 2. The third-order valence-electron chi connectivity index (χ3n) is 3.65. The minimum atomic E-state index is -1.66. The highest BCUT2D eigenvalue weighted by Crippen LogP contribution is 2.17. The summed E-state index contributed by atoms with van der Waals surface area (Å²) in [5.74, 6) is -5.30. The zero-order chi connectivity index (χ0) is 17.8. The predicted octanol–water partition coefficient (Wildman–Crippen LogP) is 3.40. The molecule has 2 aromatic carbocycles. The van der Waals surface area contributed by atoms with Crippen molar-refractivity contribution in [2.24, 2.45) is 0 Å². The molecule has 0 fully saturated rings. The molecular weight excluding hydrogens is 331 g/mol. The molecule has 0 aliphatic carbocycles. The second-order valence-electron chi connectivity index (χ2n) is 5.34. The van der Waals surface area contributed by atoms with Crippen molar-refractivity contribution in [3.05, 3.63) is 77.9 Å². The third-order valence-corrected chi connectivity index (χ3v) is 3.65. The van der Waals surface area contributed by atoms with Gasteiger partial charge in [0.15, 0.2) is 17.5 Å². The van der Waals surface area contributed by atoms with E-state index in [4.69, 9.17) is 0 Å². The number of benzene rings is 2. The average Bonchev–Trinajstić information content (AvgIpc) is 3.09. The summed E-state index contributed by atoms with van der Waals surface area (Å²) in [5.41, 5.74) is 1.41. The van der Waals surface area contributed by atoms with Gasteiger partial charge < -0.3 is 5.32 Å². The first-order chi connectivity index (χ1) is 12.1. The predicted molar refractivity (Wildman–Crippen MR) is 86.3 cm³/mol. The highest BCUT2D eigenvalue weighted by Gasteiger charge is 2.18. The molecule has 7 heteroatoms. The minimum Gasteiger partial charge on any atom is -0.350 e. The maximum absolute atomic E-state index is 13.6. The molecule has 0 saturated heterocycles. The molecule has 0 atom stereocenters. The lowest BCUT2D eigenvalue weighted by Gasteiger charge is -2.07. The Morgan fingerprint density at radius 1 is 1.00 bits per heavy atom. The SMILES string of the molecule is O=C(NCCn1cc(-c2ccccc2)cn1)c1ccc(F)c(F)c1F. The lowest BCUT2D eigenvalue weighted by Crippen LogP contribution is -2.28. The molecule has 0 aliphatic heterocycles. The Hall–Kier alpha value is -3.09. The first-order valence-corrected chi connectivity index (χ1v) is 7.56. The Balaban J connectivity index is 1.59. The normalized spacial score (nSPS) is 10.7. The summed E-state index contributed by atoms with van der Waals surface area (Å²) < 4.78 is 41.2. The van der Waals surface area contributed by atoms with Crippen LogP contribution in [-0.2, 0) is 6.54 Å². The molecule has 3 rings (SSSR count). The van der Waals surface area contributed by atoms with Crippen molar-refractivity contribution in [1.29, 1.82) is 0 Å². The molecule has 25 heavy (non-hydrogen) atoms. The van der Waals surface area contributed by atoms with Gasteiger partial charge >= 0.3 is 0 Å². The molecule has 0 saturated carbocycles. The van der Waals surface area contributed by atoms with Gasteiger partial charge in [-0.05, 0) is 17.7 Å². The lowest BCUT2D eigenvalue weighted by atomic mass is 10.1. The summed E-state index contributed by atoms with van der Waals surface area (Å²) in [6, 6.07) is 11.3. The first-order valence-electron chi connectivity index (χ1n) is 7.56. The summed E-state index contributed by atoms with van der Waals surface area (Å²) in [6.45, 7) is 0.511. The summed E-state index contributed by atoms with van der Waals surface area (Å²) >= 11 is 0. The van der Waals surface area contributed by atoms with E-state index in [1.54, 1.807) is 10.9 Å². The van der Waals surface area contributed by atoms with E-state index in [1.807, 2.05) is 36.5 Å². The van der Waals surface area contributed by atoms with Crippen molar-refractivity contribution in [2.45, 2.75) is 6.54 Å². The third kappa shape index (κ3) is 3.71. The molecular formula is C18H14F3N3O. The second-order valence-corrected chi connectivity index (χ2v) is 5.34. The van der Waals surface area contributed by atoms with Gasteiger partial charge in [0.2, 0.25) is 0 Å². The Kier molecular flexibility index (Phi) is 4.83. The summed E-state index contributed by atoms with van der Waals surface area (Å²) in [7, 11) is 0. The van der Waals surface area contributed by atoms with Crippen molar-refractivity contribution in [2.75, 3.05) is 6.54 Å². The molecule has 128 valence electrons. The highest BCUT2D eigenvalue weighted by atomic mass is 19.2. The van der Waals surface area contributed by atoms with E-state index in [9.17, 15) is 18.0 Å². The number of carbonyl (C=O) groups is 1. The minimum absolute atomic E-state index is 0.160. The van der Waals surface area contributed by atoms with Crippen molar-refractivity contribution in [3.8, 4) is 11.1 Å². The van der Waals surface area contributed by atoms with Crippen LogP contribution in [0.1, 0.15) is 10.4 Å². The maximum atomic E-state index is 13.6. The van der Waals surface area contributed by atoms with E-state index in [2.05, 4.69) is 10.4 Å². The molecule has 0 bridgehead atoms. The largest absolute Gasteiger partial charge is 0.350 e. The molecule has 1 N–H and O–H groups in total. The van der Waals surface area contributed by atoms with Crippen LogP contribution in [0, 0.1) is 17.5 Å². The fourth-order valence-electron chi connectivity index (χ4n) is 2.35. The maximum Gasteiger partial charge on any atom is 0.254 e. The Morgan fingerprint density at radius 3 is 2.52 bits per heavy atom. The molecule has 3 aromatic rings. The van der Waals surface area contributed by atoms with Crippen LogP contribution in [0.3, 0.4) is 0 Å². The van der Waals surface area contributed by atoms with E-state index in [-0.39, 0.29) is 6.54 Å². The first kappa shape index (κ1) is 16.8. The number of hydrogen-bond acceptors (Lipinski definition) is 2. The van der Waals surface area contributed by atoms with Gasteiger partial charge in [-0.15, -0.1) is 0 Å². The fraction of sp³-hybridized carbons (Fsp3) is 0.111. The highest BCUT2D eigenvalue weighted by molar-refractivity contribution is 5.94. The zero-order valence-corrected chi connectivity index (χ0v) is 13.0.